The van der Waals surface area contributed by atoms with Crippen LogP contribution in [0.2, 0.25) is 0 Å². The van der Waals surface area contributed by atoms with Gasteiger partial charge in [0.05, 0.1) is 0 Å². The second-order valence-electron chi connectivity index (χ2n) is 15.1. The minimum absolute atomic E-state index is 0.428. The van der Waals surface area contributed by atoms with E-state index in [1.807, 2.05) is 0 Å². The molecule has 4 aromatic rings. The second kappa shape index (κ2) is 22.3. The average molecular weight is 673 g/mol. The lowest BCUT2D eigenvalue weighted by molar-refractivity contribution is 0.444. The van der Waals surface area contributed by atoms with Crippen LogP contribution in [0.1, 0.15) is 169 Å². The van der Waals surface area contributed by atoms with Crippen LogP contribution in [0.15, 0.2) is 97.1 Å². The summed E-state index contributed by atoms with van der Waals surface area (Å²) in [7, 11) is 0. The number of benzene rings is 4. The Morgan fingerprint density at radius 3 is 1.04 bits per heavy atom. The summed E-state index contributed by atoms with van der Waals surface area (Å²) in [5.74, 6) is 1.51. The maximum absolute atomic E-state index is 6.05. The van der Waals surface area contributed by atoms with E-state index in [0.29, 0.717) is 17.8 Å². The third kappa shape index (κ3) is 13.3. The van der Waals surface area contributed by atoms with Gasteiger partial charge in [-0.15, -0.1) is 0 Å². The molecule has 0 heterocycles. The Morgan fingerprint density at radius 1 is 0.360 bits per heavy atom. The number of unbranched alkanes of at least 4 members (excludes halogenated alkanes) is 10. The smallest absolute Gasteiger partial charge is 0.0314 e. The number of anilines is 2. The quantitative estimate of drug-likeness (QED) is 0.0575. The van der Waals surface area contributed by atoms with Crippen LogP contribution >= 0.6 is 0 Å². The maximum Gasteiger partial charge on any atom is 0.0314 e. The lowest BCUT2D eigenvalue weighted by Crippen LogP contribution is -2.10. The third-order valence-electron chi connectivity index (χ3n) is 10.9. The summed E-state index contributed by atoms with van der Waals surface area (Å²) in [6.07, 6.45) is 23.1. The molecule has 2 unspecified atom stereocenters. The van der Waals surface area contributed by atoms with Gasteiger partial charge >= 0.3 is 0 Å². The highest BCUT2D eigenvalue weighted by atomic mass is 14.5. The van der Waals surface area contributed by atoms with Crippen LogP contribution in [0.3, 0.4) is 0 Å². The van der Waals surface area contributed by atoms with Gasteiger partial charge in [0.15, 0.2) is 0 Å². The van der Waals surface area contributed by atoms with Crippen molar-refractivity contribution in [2.75, 3.05) is 11.5 Å². The number of rotatable bonds is 24. The Balaban J connectivity index is 1.47. The summed E-state index contributed by atoms with van der Waals surface area (Å²) in [6.45, 7) is 6.88. The van der Waals surface area contributed by atoms with E-state index >= 15 is 0 Å². The molecule has 0 saturated heterocycles. The molecule has 0 spiro atoms. The lowest BCUT2D eigenvalue weighted by atomic mass is 9.84. The van der Waals surface area contributed by atoms with Gasteiger partial charge in [-0.1, -0.05) is 177 Å². The van der Waals surface area contributed by atoms with E-state index in [0.717, 1.165) is 24.2 Å². The predicted octanol–water partition coefficient (Wildman–Crippen LogP) is 13.8. The minimum atomic E-state index is 0.428. The van der Waals surface area contributed by atoms with Crippen molar-refractivity contribution in [1.82, 2.24) is 0 Å². The molecule has 50 heavy (non-hydrogen) atoms. The summed E-state index contributed by atoms with van der Waals surface area (Å²) in [4.78, 5) is 0. The van der Waals surface area contributed by atoms with Gasteiger partial charge in [-0.2, -0.15) is 0 Å². The molecule has 0 bridgehead atoms. The van der Waals surface area contributed by atoms with Crippen LogP contribution in [0.5, 0.6) is 0 Å². The lowest BCUT2D eigenvalue weighted by Gasteiger charge is -2.21. The van der Waals surface area contributed by atoms with E-state index in [9.17, 15) is 0 Å². The zero-order valence-electron chi connectivity index (χ0n) is 31.9. The van der Waals surface area contributed by atoms with Crippen LogP contribution in [-0.4, -0.2) is 0 Å². The number of hydrogen-bond acceptors (Lipinski definition) is 2. The van der Waals surface area contributed by atoms with E-state index in [2.05, 4.69) is 118 Å². The molecule has 4 N–H and O–H groups in total. The van der Waals surface area contributed by atoms with Crippen molar-refractivity contribution in [1.29, 1.82) is 0 Å². The topological polar surface area (TPSA) is 52.0 Å². The molecule has 2 nitrogen and oxygen atoms in total. The molecule has 2 atom stereocenters. The van der Waals surface area contributed by atoms with Gasteiger partial charge in [0.25, 0.3) is 0 Å². The SMILES string of the molecule is CCCCCCCCCC(Cc1ccc(C(CCCCC)c2ccc(N)cc2)cc1)Cc1ccc(C(CCCCC)c2ccc(N)cc2)cc1. The van der Waals surface area contributed by atoms with Gasteiger partial charge in [0.2, 0.25) is 0 Å². The molecule has 4 rings (SSSR count). The normalized spacial score (nSPS) is 13.3. The van der Waals surface area contributed by atoms with Crippen LogP contribution in [-0.2, 0) is 12.8 Å². The Kier molecular flexibility index (Phi) is 17.5. The van der Waals surface area contributed by atoms with Crippen molar-refractivity contribution >= 4 is 11.4 Å². The van der Waals surface area contributed by atoms with Gasteiger partial charge in [0, 0.05) is 23.2 Å². The van der Waals surface area contributed by atoms with Crippen LogP contribution in [0.4, 0.5) is 11.4 Å². The van der Waals surface area contributed by atoms with Crippen molar-refractivity contribution in [2.24, 2.45) is 5.92 Å². The van der Waals surface area contributed by atoms with E-state index in [1.165, 1.54) is 136 Å². The molecule has 0 aromatic heterocycles. The highest BCUT2D eigenvalue weighted by Crippen LogP contribution is 2.33. The summed E-state index contributed by atoms with van der Waals surface area (Å²) in [6, 6.07) is 36.5. The van der Waals surface area contributed by atoms with E-state index in [1.54, 1.807) is 0 Å². The standard InChI is InChI=1S/C48H68N2/c1-4-7-10-11-12-13-16-17-40(36-38-20-24-41(25-21-38)47(18-14-8-5-2)43-28-32-45(49)33-29-43)37-39-22-26-42(27-23-39)48(19-15-9-6-3)44-30-34-46(50)35-31-44/h20-35,40,47-48H,4-19,36-37,49-50H2,1-3H3. The summed E-state index contributed by atoms with van der Waals surface area (Å²) >= 11 is 0. The first-order chi connectivity index (χ1) is 24.5. The molecule has 0 aliphatic heterocycles. The number of nitrogens with two attached hydrogens (primary N) is 2. The molecule has 2 heteroatoms. The number of nitrogen functional groups attached to an aromatic ring is 2. The Hall–Kier alpha value is -3.52. The monoisotopic (exact) mass is 673 g/mol. The van der Waals surface area contributed by atoms with Gasteiger partial charge in [-0.05, 0) is 95.7 Å². The minimum Gasteiger partial charge on any atom is -0.399 e. The molecule has 4 aromatic carbocycles. The summed E-state index contributed by atoms with van der Waals surface area (Å²) in [5.41, 5.74) is 22.4. The molecule has 270 valence electrons. The van der Waals surface area contributed by atoms with E-state index < -0.39 is 0 Å². The fourth-order valence-corrected chi connectivity index (χ4v) is 7.81. The number of hydrogen-bond donors (Lipinski definition) is 2. The van der Waals surface area contributed by atoms with E-state index in [4.69, 9.17) is 11.5 Å². The van der Waals surface area contributed by atoms with Crippen molar-refractivity contribution in [3.63, 3.8) is 0 Å². The van der Waals surface area contributed by atoms with Crippen LogP contribution in [0.25, 0.3) is 0 Å². The maximum atomic E-state index is 6.05. The molecule has 0 fully saturated rings. The molecule has 0 amide bonds. The molecule has 0 saturated carbocycles. The van der Waals surface area contributed by atoms with Crippen LogP contribution < -0.4 is 11.5 Å². The van der Waals surface area contributed by atoms with Gasteiger partial charge < -0.3 is 11.5 Å². The Bertz CT molecular complexity index is 1330. The third-order valence-corrected chi connectivity index (χ3v) is 10.9. The highest BCUT2D eigenvalue weighted by Gasteiger charge is 2.18. The van der Waals surface area contributed by atoms with E-state index in [-0.39, 0.29) is 0 Å². The van der Waals surface area contributed by atoms with Crippen molar-refractivity contribution < 1.29 is 0 Å². The predicted molar refractivity (Wildman–Crippen MR) is 220 cm³/mol. The van der Waals surface area contributed by atoms with Crippen molar-refractivity contribution in [2.45, 2.75) is 148 Å². The summed E-state index contributed by atoms with van der Waals surface area (Å²) < 4.78 is 0. The Labute approximate surface area is 306 Å². The zero-order chi connectivity index (χ0) is 35.4. The zero-order valence-corrected chi connectivity index (χ0v) is 31.9. The molecule has 0 radical (unpaired) electrons. The summed E-state index contributed by atoms with van der Waals surface area (Å²) in [5, 5.41) is 0. The van der Waals surface area contributed by atoms with Crippen molar-refractivity contribution in [3.05, 3.63) is 130 Å². The first-order valence-corrected chi connectivity index (χ1v) is 20.4. The van der Waals surface area contributed by atoms with Crippen LogP contribution in [0, 0.1) is 5.92 Å². The van der Waals surface area contributed by atoms with Gasteiger partial charge in [0.1, 0.15) is 0 Å². The van der Waals surface area contributed by atoms with Crippen molar-refractivity contribution in [3.8, 4) is 0 Å². The van der Waals surface area contributed by atoms with Gasteiger partial charge in [-0.3, -0.25) is 0 Å². The molecular formula is C48H68N2. The highest BCUT2D eigenvalue weighted by molar-refractivity contribution is 5.44. The molecule has 0 aliphatic carbocycles. The molecular weight excluding hydrogens is 605 g/mol. The average Bonchev–Trinajstić information content (AvgIpc) is 3.13. The second-order valence-corrected chi connectivity index (χ2v) is 15.1. The Morgan fingerprint density at radius 2 is 0.660 bits per heavy atom. The fourth-order valence-electron chi connectivity index (χ4n) is 7.81. The largest absolute Gasteiger partial charge is 0.399 e. The first kappa shape index (κ1) is 39.3. The molecule has 0 aliphatic rings. The first-order valence-electron chi connectivity index (χ1n) is 20.4. The fraction of sp³-hybridized carbons (Fsp3) is 0.500. The van der Waals surface area contributed by atoms with Gasteiger partial charge in [-0.25, -0.2) is 0 Å².